The molecule has 0 aliphatic carbocycles. The molecular weight excluding hydrogens is 448 g/mol. The lowest BCUT2D eigenvalue weighted by Crippen LogP contribution is -2.47. The predicted molar refractivity (Wildman–Crippen MR) is 123 cm³/mol. The Kier molecular flexibility index (Phi) is 6.21. The molecule has 3 aromatic rings. The largest absolute Gasteiger partial charge is 0.339 e. The number of fused-ring (bicyclic) bond motifs is 1. The van der Waals surface area contributed by atoms with E-state index in [9.17, 15) is 22.8 Å². The Balaban J connectivity index is 1.38. The van der Waals surface area contributed by atoms with Crippen LogP contribution in [0.3, 0.4) is 0 Å². The molecule has 33 heavy (non-hydrogen) atoms. The standard InChI is InChI=1S/C21H26N6O5S/c1-24-18-17(20(29)25(2)21(24)30)27(14-22-18)12-13-33(31,32)23-16-8-10-26(11-9-16)19(28)15-6-4-3-5-7-15/h3-7,14,16,23H,8-13H2,1-2H3. The Morgan fingerprint density at radius 2 is 1.76 bits per heavy atom. The lowest BCUT2D eigenvalue weighted by atomic mass is 10.0. The Labute approximate surface area is 190 Å². The molecule has 0 atom stereocenters. The first-order valence-corrected chi connectivity index (χ1v) is 12.3. The fraction of sp³-hybridized carbons (Fsp3) is 0.429. The molecule has 1 aliphatic heterocycles. The van der Waals surface area contributed by atoms with Crippen molar-refractivity contribution in [2.45, 2.75) is 25.4 Å². The maximum Gasteiger partial charge on any atom is 0.332 e. The Bertz CT molecular complexity index is 1400. The van der Waals surface area contributed by atoms with E-state index in [0.29, 0.717) is 31.5 Å². The number of hydrogen-bond acceptors (Lipinski definition) is 6. The van der Waals surface area contributed by atoms with E-state index in [0.717, 1.165) is 4.57 Å². The van der Waals surface area contributed by atoms with Gasteiger partial charge in [-0.3, -0.25) is 18.7 Å². The first-order valence-electron chi connectivity index (χ1n) is 10.6. The number of amides is 1. The number of aryl methyl sites for hydroxylation is 2. The topological polar surface area (TPSA) is 128 Å². The number of benzene rings is 1. The summed E-state index contributed by atoms with van der Waals surface area (Å²) in [5.74, 6) is -0.298. The molecule has 0 saturated carbocycles. The number of nitrogens with one attached hydrogen (secondary N) is 1. The number of carbonyl (C=O) groups excluding carboxylic acids is 1. The van der Waals surface area contributed by atoms with Crippen LogP contribution in [0.15, 0.2) is 46.2 Å². The molecule has 4 rings (SSSR count). The van der Waals surface area contributed by atoms with Gasteiger partial charge in [-0.15, -0.1) is 0 Å². The first-order chi connectivity index (χ1) is 15.7. The monoisotopic (exact) mass is 474 g/mol. The molecule has 1 aromatic carbocycles. The molecule has 0 bridgehead atoms. The summed E-state index contributed by atoms with van der Waals surface area (Å²) in [4.78, 5) is 42.9. The van der Waals surface area contributed by atoms with Gasteiger partial charge >= 0.3 is 5.69 Å². The average molecular weight is 475 g/mol. The molecule has 1 amide bonds. The van der Waals surface area contributed by atoms with Gasteiger partial charge in [0.25, 0.3) is 11.5 Å². The SMILES string of the molecule is Cn1c(=O)c2c(ncn2CCS(=O)(=O)NC2CCN(C(=O)c3ccccc3)CC2)n(C)c1=O. The van der Waals surface area contributed by atoms with Crippen molar-refractivity contribution in [2.24, 2.45) is 14.1 Å². The molecule has 12 heteroatoms. The maximum atomic E-state index is 12.7. The summed E-state index contributed by atoms with van der Waals surface area (Å²) in [6, 6.07) is 8.75. The van der Waals surface area contributed by atoms with Crippen molar-refractivity contribution in [3.63, 3.8) is 0 Å². The van der Waals surface area contributed by atoms with Crippen LogP contribution in [-0.4, -0.2) is 62.8 Å². The molecular formula is C21H26N6O5S. The summed E-state index contributed by atoms with van der Waals surface area (Å²) >= 11 is 0. The Morgan fingerprint density at radius 3 is 2.42 bits per heavy atom. The van der Waals surface area contributed by atoms with Crippen LogP contribution in [-0.2, 0) is 30.7 Å². The highest BCUT2D eigenvalue weighted by Gasteiger charge is 2.26. The van der Waals surface area contributed by atoms with Crippen molar-refractivity contribution in [1.29, 1.82) is 0 Å². The fourth-order valence-electron chi connectivity index (χ4n) is 4.06. The molecule has 0 radical (unpaired) electrons. The van der Waals surface area contributed by atoms with E-state index >= 15 is 0 Å². The summed E-state index contributed by atoms with van der Waals surface area (Å²) in [5.41, 5.74) is -0.00489. The van der Waals surface area contributed by atoms with Crippen LogP contribution < -0.4 is 16.0 Å². The second-order valence-corrected chi connectivity index (χ2v) is 10.1. The highest BCUT2D eigenvalue weighted by atomic mass is 32.2. The van der Waals surface area contributed by atoms with E-state index in [-0.39, 0.29) is 35.4 Å². The summed E-state index contributed by atoms with van der Waals surface area (Å²) in [6.45, 7) is 0.957. The van der Waals surface area contributed by atoms with Gasteiger partial charge in [0.1, 0.15) is 0 Å². The number of piperidine rings is 1. The van der Waals surface area contributed by atoms with Crippen molar-refractivity contribution < 1.29 is 13.2 Å². The smallest absolute Gasteiger partial charge is 0.332 e. The van der Waals surface area contributed by atoms with Gasteiger partial charge in [0, 0.05) is 45.3 Å². The molecule has 2 aromatic heterocycles. The van der Waals surface area contributed by atoms with Gasteiger partial charge in [-0.2, -0.15) is 0 Å². The number of aromatic nitrogens is 4. The second kappa shape index (κ2) is 8.94. The summed E-state index contributed by atoms with van der Waals surface area (Å²) in [5, 5.41) is 0. The third-order valence-electron chi connectivity index (χ3n) is 5.97. The van der Waals surface area contributed by atoms with Gasteiger partial charge < -0.3 is 9.47 Å². The quantitative estimate of drug-likeness (QED) is 0.520. The van der Waals surface area contributed by atoms with Gasteiger partial charge in [0.15, 0.2) is 11.2 Å². The molecule has 1 fully saturated rings. The number of hydrogen-bond donors (Lipinski definition) is 1. The third kappa shape index (κ3) is 4.62. The molecule has 11 nitrogen and oxygen atoms in total. The minimum Gasteiger partial charge on any atom is -0.339 e. The van der Waals surface area contributed by atoms with E-state index in [1.165, 1.54) is 29.6 Å². The van der Waals surface area contributed by atoms with Crippen LogP contribution in [0.1, 0.15) is 23.2 Å². The molecule has 0 unspecified atom stereocenters. The van der Waals surface area contributed by atoms with E-state index in [4.69, 9.17) is 0 Å². The highest BCUT2D eigenvalue weighted by molar-refractivity contribution is 7.89. The van der Waals surface area contributed by atoms with Gasteiger partial charge in [-0.05, 0) is 25.0 Å². The van der Waals surface area contributed by atoms with Gasteiger partial charge in [0.2, 0.25) is 10.0 Å². The second-order valence-electron chi connectivity index (χ2n) is 8.19. The lowest BCUT2D eigenvalue weighted by molar-refractivity contribution is 0.0711. The third-order valence-corrected chi connectivity index (χ3v) is 7.38. The molecule has 176 valence electrons. The van der Waals surface area contributed by atoms with Crippen molar-refractivity contribution in [3.8, 4) is 0 Å². The normalized spacial score (nSPS) is 15.3. The van der Waals surface area contributed by atoms with Crippen molar-refractivity contribution in [3.05, 3.63) is 63.1 Å². The zero-order chi connectivity index (χ0) is 23.8. The van der Waals surface area contributed by atoms with Crippen LogP contribution >= 0.6 is 0 Å². The molecule has 1 N–H and O–H groups in total. The average Bonchev–Trinajstić information content (AvgIpc) is 3.25. The van der Waals surface area contributed by atoms with E-state index in [2.05, 4.69) is 9.71 Å². The highest BCUT2D eigenvalue weighted by Crippen LogP contribution is 2.15. The maximum absolute atomic E-state index is 12.7. The summed E-state index contributed by atoms with van der Waals surface area (Å²) in [7, 11) is -0.758. The van der Waals surface area contributed by atoms with E-state index in [1.807, 2.05) is 18.2 Å². The van der Waals surface area contributed by atoms with Crippen LogP contribution in [0.5, 0.6) is 0 Å². The van der Waals surface area contributed by atoms with E-state index in [1.54, 1.807) is 17.0 Å². The first kappa shape index (κ1) is 22.9. The fourth-order valence-corrected chi connectivity index (χ4v) is 5.36. The minimum atomic E-state index is -3.64. The minimum absolute atomic E-state index is 0.0185. The zero-order valence-electron chi connectivity index (χ0n) is 18.5. The van der Waals surface area contributed by atoms with Crippen LogP contribution in [0.25, 0.3) is 11.2 Å². The number of nitrogens with zero attached hydrogens (tertiary/aromatic N) is 5. The van der Waals surface area contributed by atoms with Crippen molar-refractivity contribution in [1.82, 2.24) is 28.3 Å². The van der Waals surface area contributed by atoms with Gasteiger partial charge in [-0.25, -0.2) is 22.9 Å². The van der Waals surface area contributed by atoms with E-state index < -0.39 is 21.3 Å². The lowest BCUT2D eigenvalue weighted by Gasteiger charge is -2.32. The Hall–Kier alpha value is -3.25. The van der Waals surface area contributed by atoms with Crippen LogP contribution in [0.4, 0.5) is 0 Å². The Morgan fingerprint density at radius 1 is 1.09 bits per heavy atom. The predicted octanol–water partition coefficient (Wildman–Crippen LogP) is -0.342. The number of likely N-dealkylation sites (tertiary alicyclic amines) is 1. The molecule has 1 aliphatic rings. The number of sulfonamides is 1. The zero-order valence-corrected chi connectivity index (χ0v) is 19.3. The van der Waals surface area contributed by atoms with Crippen molar-refractivity contribution >= 4 is 27.1 Å². The van der Waals surface area contributed by atoms with Crippen LogP contribution in [0, 0.1) is 0 Å². The van der Waals surface area contributed by atoms with Crippen molar-refractivity contribution in [2.75, 3.05) is 18.8 Å². The summed E-state index contributed by atoms with van der Waals surface area (Å²) in [6.07, 6.45) is 2.41. The molecule has 1 saturated heterocycles. The van der Waals surface area contributed by atoms with Gasteiger partial charge in [0.05, 0.1) is 12.1 Å². The number of rotatable bonds is 6. The number of carbonyl (C=O) groups is 1. The molecule has 0 spiro atoms. The summed E-state index contributed by atoms with van der Waals surface area (Å²) < 4.78 is 31.7. The van der Waals surface area contributed by atoms with Gasteiger partial charge in [-0.1, -0.05) is 18.2 Å². The van der Waals surface area contributed by atoms with Crippen LogP contribution in [0.2, 0.25) is 0 Å². The molecule has 3 heterocycles. The number of imidazole rings is 1.